The van der Waals surface area contributed by atoms with Crippen LogP contribution in [0.15, 0.2) is 9.59 Å². The third kappa shape index (κ3) is 4.00. The molecule has 0 spiro atoms. The number of methoxy groups -OCH3 is 1. The average molecular weight is 306 g/mol. The number of sulfonamides is 1. The number of ether oxygens (including phenoxy) is 1. The smallest absolute Gasteiger partial charge is 0.252 e. The maximum absolute atomic E-state index is 12.1. The second kappa shape index (κ2) is 6.47. The lowest BCUT2D eigenvalue weighted by atomic mass is 10.2. The average Bonchev–Trinajstić information content (AvgIpc) is 2.70. The number of primary sulfonamides is 1. The fourth-order valence-corrected chi connectivity index (χ4v) is 3.64. The van der Waals surface area contributed by atoms with E-state index in [1.165, 1.54) is 5.38 Å². The van der Waals surface area contributed by atoms with E-state index in [-0.39, 0.29) is 16.2 Å². The number of nitrogens with two attached hydrogens (primary N) is 1. The Morgan fingerprint density at radius 2 is 2.21 bits per heavy atom. The van der Waals surface area contributed by atoms with Crippen LogP contribution in [0.25, 0.3) is 0 Å². The molecule has 1 aromatic rings. The van der Waals surface area contributed by atoms with E-state index in [9.17, 15) is 13.2 Å². The lowest BCUT2D eigenvalue weighted by molar-refractivity contribution is 0.0894. The van der Waals surface area contributed by atoms with Gasteiger partial charge in [0.2, 0.25) is 10.0 Å². The summed E-state index contributed by atoms with van der Waals surface area (Å²) in [4.78, 5) is 12.1. The van der Waals surface area contributed by atoms with Gasteiger partial charge in [-0.15, -0.1) is 11.3 Å². The molecule has 1 unspecified atom stereocenters. The molecule has 0 radical (unpaired) electrons. The third-order valence-electron chi connectivity index (χ3n) is 2.69. The summed E-state index contributed by atoms with van der Waals surface area (Å²) in [6, 6.07) is -0.102. The molecular formula is C11H18N2O4S2. The lowest BCUT2D eigenvalue weighted by Crippen LogP contribution is -2.37. The maximum atomic E-state index is 12.1. The highest BCUT2D eigenvalue weighted by Crippen LogP contribution is 2.25. The number of carbonyl (C=O) groups excluding carboxylic acids is 1. The summed E-state index contributed by atoms with van der Waals surface area (Å²) in [6.07, 6.45) is 0.727. The Labute approximate surface area is 117 Å². The molecule has 1 atom stereocenters. The molecule has 0 aliphatic heterocycles. The van der Waals surface area contributed by atoms with Crippen molar-refractivity contribution < 1.29 is 17.9 Å². The first-order valence-corrected chi connectivity index (χ1v) is 8.14. The van der Waals surface area contributed by atoms with E-state index < -0.39 is 10.0 Å². The van der Waals surface area contributed by atoms with Gasteiger partial charge in [-0.3, -0.25) is 4.79 Å². The summed E-state index contributed by atoms with van der Waals surface area (Å²) in [7, 11) is -2.22. The lowest BCUT2D eigenvalue weighted by Gasteiger charge is -2.15. The van der Waals surface area contributed by atoms with Gasteiger partial charge in [0.05, 0.1) is 18.2 Å². The number of thiophene rings is 1. The molecule has 1 aromatic heterocycles. The Bertz CT molecular complexity index is 551. The van der Waals surface area contributed by atoms with Gasteiger partial charge in [0.1, 0.15) is 4.21 Å². The Morgan fingerprint density at radius 1 is 1.58 bits per heavy atom. The molecule has 0 saturated heterocycles. The number of amides is 1. The zero-order valence-electron chi connectivity index (χ0n) is 11.1. The van der Waals surface area contributed by atoms with Crippen molar-refractivity contribution in [3.8, 4) is 0 Å². The minimum Gasteiger partial charge on any atom is -0.383 e. The quantitative estimate of drug-likeness (QED) is 0.814. The molecule has 19 heavy (non-hydrogen) atoms. The van der Waals surface area contributed by atoms with E-state index in [4.69, 9.17) is 9.88 Å². The predicted octanol–water partition coefficient (Wildman–Crippen LogP) is 0.859. The fraction of sp³-hybridized carbons (Fsp3) is 0.545. The SMILES string of the molecule is CCC(COC)NC(=O)c1csc(S(N)(=O)=O)c1C. The van der Waals surface area contributed by atoms with Crippen molar-refractivity contribution in [2.24, 2.45) is 5.14 Å². The second-order valence-corrected chi connectivity index (χ2v) is 6.78. The van der Waals surface area contributed by atoms with Crippen molar-refractivity contribution in [2.45, 2.75) is 30.5 Å². The van der Waals surface area contributed by atoms with Gasteiger partial charge >= 0.3 is 0 Å². The Balaban J connectivity index is 2.93. The van der Waals surface area contributed by atoms with Crippen molar-refractivity contribution in [1.82, 2.24) is 5.32 Å². The number of nitrogens with one attached hydrogen (secondary N) is 1. The standard InChI is InChI=1S/C11H18N2O4S2/c1-4-8(5-17-3)13-10(14)9-6-18-11(7(9)2)19(12,15)16/h6,8H,4-5H2,1-3H3,(H,13,14)(H2,12,15,16). The van der Waals surface area contributed by atoms with E-state index in [0.29, 0.717) is 17.7 Å². The van der Waals surface area contributed by atoms with Crippen LogP contribution in [0, 0.1) is 6.92 Å². The maximum Gasteiger partial charge on any atom is 0.252 e. The van der Waals surface area contributed by atoms with Gasteiger partial charge in [0.25, 0.3) is 5.91 Å². The third-order valence-corrected chi connectivity index (χ3v) is 5.38. The molecule has 1 amide bonds. The van der Waals surface area contributed by atoms with Gasteiger partial charge in [-0.1, -0.05) is 6.92 Å². The fourth-order valence-electron chi connectivity index (χ4n) is 1.63. The van der Waals surface area contributed by atoms with E-state index in [1.54, 1.807) is 14.0 Å². The van der Waals surface area contributed by atoms with Gasteiger partial charge in [0.15, 0.2) is 0 Å². The van der Waals surface area contributed by atoms with Crippen LogP contribution >= 0.6 is 11.3 Å². The topological polar surface area (TPSA) is 98.5 Å². The van der Waals surface area contributed by atoms with Gasteiger partial charge in [-0.05, 0) is 18.9 Å². The monoisotopic (exact) mass is 306 g/mol. The molecule has 0 aromatic carbocycles. The highest BCUT2D eigenvalue weighted by atomic mass is 32.2. The molecule has 0 aliphatic carbocycles. The first-order chi connectivity index (χ1) is 8.81. The van der Waals surface area contributed by atoms with Crippen LogP contribution < -0.4 is 10.5 Å². The van der Waals surface area contributed by atoms with E-state index in [1.807, 2.05) is 6.92 Å². The van der Waals surface area contributed by atoms with Crippen LogP contribution in [0.1, 0.15) is 29.3 Å². The summed E-state index contributed by atoms with van der Waals surface area (Å²) < 4.78 is 27.6. The molecule has 0 aliphatic rings. The summed E-state index contributed by atoms with van der Waals surface area (Å²) in [6.45, 7) is 3.91. The minimum atomic E-state index is -3.78. The van der Waals surface area contributed by atoms with Crippen LogP contribution in [0.3, 0.4) is 0 Å². The largest absolute Gasteiger partial charge is 0.383 e. The summed E-state index contributed by atoms with van der Waals surface area (Å²) >= 11 is 0.954. The number of carbonyl (C=O) groups is 1. The molecule has 6 nitrogen and oxygen atoms in total. The second-order valence-electron chi connectivity index (χ2n) is 4.14. The van der Waals surface area contributed by atoms with Gasteiger partial charge in [-0.2, -0.15) is 0 Å². The normalized spacial score (nSPS) is 13.3. The number of hydrogen-bond acceptors (Lipinski definition) is 5. The first-order valence-electron chi connectivity index (χ1n) is 5.71. The molecule has 3 N–H and O–H groups in total. The molecule has 108 valence electrons. The minimum absolute atomic E-state index is 0.0254. The number of rotatable bonds is 6. The summed E-state index contributed by atoms with van der Waals surface area (Å²) in [5.74, 6) is -0.312. The molecule has 0 bridgehead atoms. The zero-order valence-corrected chi connectivity index (χ0v) is 12.7. The van der Waals surface area contributed by atoms with Gasteiger partial charge in [0, 0.05) is 12.5 Å². The van der Waals surface area contributed by atoms with Crippen LogP contribution in [-0.2, 0) is 14.8 Å². The Morgan fingerprint density at radius 3 is 2.63 bits per heavy atom. The van der Waals surface area contributed by atoms with E-state index in [2.05, 4.69) is 5.32 Å². The van der Waals surface area contributed by atoms with Crippen LogP contribution in [0.2, 0.25) is 0 Å². The van der Waals surface area contributed by atoms with Crippen molar-refractivity contribution in [2.75, 3.05) is 13.7 Å². The molecule has 1 rings (SSSR count). The molecule has 1 heterocycles. The highest BCUT2D eigenvalue weighted by Gasteiger charge is 2.22. The van der Waals surface area contributed by atoms with Crippen LogP contribution in [0.4, 0.5) is 0 Å². The summed E-state index contributed by atoms with van der Waals surface area (Å²) in [5.41, 5.74) is 0.723. The number of hydrogen-bond donors (Lipinski definition) is 2. The van der Waals surface area contributed by atoms with Crippen molar-refractivity contribution in [1.29, 1.82) is 0 Å². The van der Waals surface area contributed by atoms with Gasteiger partial charge in [-0.25, -0.2) is 13.6 Å². The molecule has 0 fully saturated rings. The predicted molar refractivity (Wildman–Crippen MR) is 73.9 cm³/mol. The Hall–Kier alpha value is -0.960. The van der Waals surface area contributed by atoms with E-state index in [0.717, 1.165) is 17.8 Å². The van der Waals surface area contributed by atoms with Crippen LogP contribution in [0.5, 0.6) is 0 Å². The van der Waals surface area contributed by atoms with E-state index >= 15 is 0 Å². The van der Waals surface area contributed by atoms with Crippen LogP contribution in [-0.4, -0.2) is 34.1 Å². The summed E-state index contributed by atoms with van der Waals surface area (Å²) in [5, 5.41) is 9.38. The zero-order chi connectivity index (χ0) is 14.6. The van der Waals surface area contributed by atoms with Crippen molar-refractivity contribution >= 4 is 27.3 Å². The highest BCUT2D eigenvalue weighted by molar-refractivity contribution is 7.91. The first kappa shape index (κ1) is 16.1. The molecule has 8 heteroatoms. The van der Waals surface area contributed by atoms with Gasteiger partial charge < -0.3 is 10.1 Å². The Kier molecular flexibility index (Phi) is 5.48. The molecular weight excluding hydrogens is 288 g/mol. The van der Waals surface area contributed by atoms with Crippen molar-refractivity contribution in [3.05, 3.63) is 16.5 Å². The molecule has 0 saturated carbocycles. The van der Waals surface area contributed by atoms with Crippen molar-refractivity contribution in [3.63, 3.8) is 0 Å².